The number of tetrazole rings is 1. The molecule has 0 fully saturated rings. The van der Waals surface area contributed by atoms with Crippen LogP contribution in [0.3, 0.4) is 0 Å². The number of amides is 1. The van der Waals surface area contributed by atoms with Crippen LogP contribution in [0.5, 0.6) is 0 Å². The third kappa shape index (κ3) is 1.50. The Morgan fingerprint density at radius 2 is 2.54 bits per heavy atom. The Labute approximate surface area is 71.3 Å². The van der Waals surface area contributed by atoms with E-state index in [9.17, 15) is 4.79 Å². The molecule has 2 N–H and O–H groups in total. The number of aromatic amines is 1. The molecule has 0 bridgehead atoms. The van der Waals surface area contributed by atoms with Crippen LogP contribution in [0, 0.1) is 0 Å². The molecule has 2 rings (SSSR count). The lowest BCUT2D eigenvalue weighted by atomic mass is 10.5. The second-order valence-electron chi connectivity index (χ2n) is 2.10. The molecule has 1 amide bonds. The lowest BCUT2D eigenvalue weighted by Gasteiger charge is -1.93. The maximum atomic E-state index is 11.2. The molecule has 8 heteroatoms. The first-order valence-corrected chi connectivity index (χ1v) is 3.30. The summed E-state index contributed by atoms with van der Waals surface area (Å²) in [4.78, 5) is 11.2. The smallest absolute Gasteiger partial charge is 0.297 e. The number of rotatable bonds is 2. The molecule has 2 aromatic rings. The Morgan fingerprint density at radius 1 is 1.62 bits per heavy atom. The van der Waals surface area contributed by atoms with E-state index < -0.39 is 5.91 Å². The summed E-state index contributed by atoms with van der Waals surface area (Å²) in [5.74, 6) is -0.516. The van der Waals surface area contributed by atoms with Crippen molar-refractivity contribution in [3.05, 3.63) is 18.3 Å². The molecule has 0 aliphatic heterocycles. The number of nitrogens with zero attached hydrogens (tertiary/aromatic N) is 4. The predicted molar refractivity (Wildman–Crippen MR) is 38.6 cm³/mol. The van der Waals surface area contributed by atoms with Crippen molar-refractivity contribution in [1.82, 2.24) is 25.8 Å². The number of hydrogen-bond acceptors (Lipinski definition) is 6. The summed E-state index contributed by atoms with van der Waals surface area (Å²) in [5, 5.41) is 18.2. The van der Waals surface area contributed by atoms with Gasteiger partial charge in [-0.1, -0.05) is 5.16 Å². The van der Waals surface area contributed by atoms with Crippen LogP contribution in [0.25, 0.3) is 0 Å². The molecule has 0 saturated carbocycles. The molecule has 0 unspecified atom stereocenters. The topological polar surface area (TPSA) is 110 Å². The van der Waals surface area contributed by atoms with Crippen molar-refractivity contribution in [3.8, 4) is 0 Å². The average Bonchev–Trinajstić information content (AvgIpc) is 2.74. The first-order valence-electron chi connectivity index (χ1n) is 3.30. The third-order valence-electron chi connectivity index (χ3n) is 1.24. The normalized spacial score (nSPS) is 9.85. The van der Waals surface area contributed by atoms with Gasteiger partial charge in [0.25, 0.3) is 11.7 Å². The molecule has 0 aromatic carbocycles. The van der Waals surface area contributed by atoms with Gasteiger partial charge < -0.3 is 9.84 Å². The maximum Gasteiger partial charge on any atom is 0.297 e. The van der Waals surface area contributed by atoms with Crippen molar-refractivity contribution >= 4 is 11.6 Å². The second-order valence-corrected chi connectivity index (χ2v) is 2.10. The molecule has 0 aliphatic carbocycles. The van der Waals surface area contributed by atoms with Crippen molar-refractivity contribution in [1.29, 1.82) is 0 Å². The fourth-order valence-electron chi connectivity index (χ4n) is 0.712. The molecule has 2 heterocycles. The molecule has 0 radical (unpaired) electrons. The minimum atomic E-state index is -0.475. The zero-order valence-electron chi connectivity index (χ0n) is 6.26. The zero-order valence-corrected chi connectivity index (χ0v) is 6.26. The fraction of sp³-hybridized carbons (Fsp3) is 0. The first-order chi connectivity index (χ1) is 6.36. The van der Waals surface area contributed by atoms with Crippen LogP contribution in [0.4, 0.5) is 5.69 Å². The molecule has 0 atom stereocenters. The molecular weight excluding hydrogens is 176 g/mol. The number of H-pyrrole nitrogens is 1. The van der Waals surface area contributed by atoms with E-state index >= 15 is 0 Å². The summed E-state index contributed by atoms with van der Waals surface area (Å²) in [6, 6.07) is 0. The number of anilines is 1. The van der Waals surface area contributed by atoms with Crippen LogP contribution in [0.2, 0.25) is 0 Å². The van der Waals surface area contributed by atoms with Crippen molar-refractivity contribution in [2.45, 2.75) is 0 Å². The van der Waals surface area contributed by atoms with E-state index in [2.05, 4.69) is 35.6 Å². The summed E-state index contributed by atoms with van der Waals surface area (Å²) < 4.78 is 4.50. The van der Waals surface area contributed by atoms with Crippen LogP contribution in [-0.4, -0.2) is 31.7 Å². The summed E-state index contributed by atoms with van der Waals surface area (Å²) in [5.41, 5.74) is 0.440. The number of carbonyl (C=O) groups is 1. The van der Waals surface area contributed by atoms with Gasteiger partial charge in [0.1, 0.15) is 12.0 Å². The zero-order chi connectivity index (χ0) is 9.10. The minimum Gasteiger partial charge on any atom is -0.363 e. The summed E-state index contributed by atoms with van der Waals surface area (Å²) in [6.45, 7) is 0. The SMILES string of the molecule is O=C(Nc1cnoc1)c1nn[nH]n1. The van der Waals surface area contributed by atoms with Crippen molar-refractivity contribution in [2.75, 3.05) is 5.32 Å². The van der Waals surface area contributed by atoms with Crippen LogP contribution >= 0.6 is 0 Å². The molecule has 0 saturated heterocycles. The highest BCUT2D eigenvalue weighted by Gasteiger charge is 2.11. The first kappa shape index (κ1) is 7.40. The van der Waals surface area contributed by atoms with Gasteiger partial charge in [-0.3, -0.25) is 4.79 Å². The number of carbonyl (C=O) groups excluding carboxylic acids is 1. The van der Waals surface area contributed by atoms with Crippen molar-refractivity contribution in [3.63, 3.8) is 0 Å². The lowest BCUT2D eigenvalue weighted by molar-refractivity contribution is 0.101. The van der Waals surface area contributed by atoms with E-state index in [-0.39, 0.29) is 5.82 Å². The fourth-order valence-corrected chi connectivity index (χ4v) is 0.712. The van der Waals surface area contributed by atoms with Gasteiger partial charge in [-0.05, 0) is 5.21 Å². The third-order valence-corrected chi connectivity index (χ3v) is 1.24. The van der Waals surface area contributed by atoms with E-state index in [1.807, 2.05) is 0 Å². The van der Waals surface area contributed by atoms with Crippen molar-refractivity contribution < 1.29 is 9.32 Å². The van der Waals surface area contributed by atoms with Crippen LogP contribution < -0.4 is 5.32 Å². The Kier molecular flexibility index (Phi) is 1.71. The highest BCUT2D eigenvalue weighted by molar-refractivity contribution is 6.01. The highest BCUT2D eigenvalue weighted by atomic mass is 16.5. The summed E-state index contributed by atoms with van der Waals surface area (Å²) >= 11 is 0. The molecule has 0 aliphatic rings. The average molecular weight is 180 g/mol. The summed E-state index contributed by atoms with van der Waals surface area (Å²) in [7, 11) is 0. The van der Waals surface area contributed by atoms with E-state index in [0.717, 1.165) is 0 Å². The molecule has 66 valence electrons. The molecule has 8 nitrogen and oxygen atoms in total. The Morgan fingerprint density at radius 3 is 3.15 bits per heavy atom. The van der Waals surface area contributed by atoms with Crippen LogP contribution in [0.15, 0.2) is 17.0 Å². The van der Waals surface area contributed by atoms with Crippen LogP contribution in [0.1, 0.15) is 10.6 Å². The standard InChI is InChI=1S/C5H4N6O2/c12-5(4-8-10-11-9-4)7-3-1-6-13-2-3/h1-2H,(H,7,12)(H,8,9,10,11). The molecular formula is C5H4N6O2. The van der Waals surface area contributed by atoms with Gasteiger partial charge in [0.05, 0.1) is 6.20 Å². The van der Waals surface area contributed by atoms with Gasteiger partial charge in [-0.25, -0.2) is 0 Å². The van der Waals surface area contributed by atoms with Gasteiger partial charge in [0.2, 0.25) is 0 Å². The Bertz CT molecular complexity index is 379. The van der Waals surface area contributed by atoms with Crippen LogP contribution in [-0.2, 0) is 0 Å². The predicted octanol–water partition coefficient (Wildman–Crippen LogP) is -0.560. The van der Waals surface area contributed by atoms with Gasteiger partial charge >= 0.3 is 0 Å². The second kappa shape index (κ2) is 3.01. The maximum absolute atomic E-state index is 11.2. The molecule has 0 spiro atoms. The highest BCUT2D eigenvalue weighted by Crippen LogP contribution is 2.04. The number of hydrogen-bond donors (Lipinski definition) is 2. The van der Waals surface area contributed by atoms with Crippen molar-refractivity contribution in [2.24, 2.45) is 0 Å². The van der Waals surface area contributed by atoms with E-state index in [4.69, 9.17) is 0 Å². The Balaban J connectivity index is 2.08. The Hall–Kier alpha value is -2.25. The molecule has 13 heavy (non-hydrogen) atoms. The van der Waals surface area contributed by atoms with Gasteiger partial charge in [-0.15, -0.1) is 10.2 Å². The number of aromatic nitrogens is 5. The molecule has 2 aromatic heterocycles. The quantitative estimate of drug-likeness (QED) is 0.640. The largest absolute Gasteiger partial charge is 0.363 e. The minimum absolute atomic E-state index is 0.0406. The van der Waals surface area contributed by atoms with E-state index in [0.29, 0.717) is 5.69 Å². The summed E-state index contributed by atoms with van der Waals surface area (Å²) in [6.07, 6.45) is 2.65. The van der Waals surface area contributed by atoms with Gasteiger partial charge in [-0.2, -0.15) is 5.21 Å². The van der Waals surface area contributed by atoms with Gasteiger partial charge in [0.15, 0.2) is 0 Å². The lowest BCUT2D eigenvalue weighted by Crippen LogP contribution is -2.13. The van der Waals surface area contributed by atoms with E-state index in [1.165, 1.54) is 12.5 Å². The van der Waals surface area contributed by atoms with Gasteiger partial charge in [0, 0.05) is 0 Å². The monoisotopic (exact) mass is 180 g/mol. The number of nitrogens with one attached hydrogen (secondary N) is 2. The van der Waals surface area contributed by atoms with E-state index in [1.54, 1.807) is 0 Å².